The average molecular weight is 275 g/mol. The third-order valence-corrected chi connectivity index (χ3v) is 4.91. The SMILES string of the molecule is CC(=O)c1ccc(N2CCC[C@H]3CCCC[C@H]32)c(F)c1. The van der Waals surface area contributed by atoms with E-state index in [2.05, 4.69) is 4.90 Å². The largest absolute Gasteiger partial charge is 0.366 e. The fraction of sp³-hybridized carbons (Fsp3) is 0.588. The highest BCUT2D eigenvalue weighted by Crippen LogP contribution is 2.38. The second-order valence-corrected chi connectivity index (χ2v) is 6.17. The molecule has 0 radical (unpaired) electrons. The second-order valence-electron chi connectivity index (χ2n) is 6.17. The third-order valence-electron chi connectivity index (χ3n) is 4.91. The first-order chi connectivity index (χ1) is 9.66. The molecule has 3 heteroatoms. The summed E-state index contributed by atoms with van der Waals surface area (Å²) in [6, 6.07) is 5.44. The van der Waals surface area contributed by atoms with Crippen molar-refractivity contribution in [3.63, 3.8) is 0 Å². The molecule has 0 bridgehead atoms. The van der Waals surface area contributed by atoms with Crippen LogP contribution in [0.4, 0.5) is 10.1 Å². The van der Waals surface area contributed by atoms with Crippen molar-refractivity contribution < 1.29 is 9.18 Å². The van der Waals surface area contributed by atoms with Crippen LogP contribution in [0.1, 0.15) is 55.8 Å². The number of Topliss-reactive ketones (excluding diaryl/α,β-unsaturated/α-hetero) is 1. The molecule has 1 aliphatic carbocycles. The molecular formula is C17H22FNO. The van der Waals surface area contributed by atoms with E-state index >= 15 is 0 Å². The number of ketones is 1. The molecule has 1 saturated heterocycles. The maximum atomic E-state index is 14.4. The third kappa shape index (κ3) is 2.46. The molecule has 0 amide bonds. The smallest absolute Gasteiger partial charge is 0.159 e. The lowest BCUT2D eigenvalue weighted by atomic mass is 9.78. The molecule has 0 aromatic heterocycles. The second kappa shape index (κ2) is 5.55. The predicted octanol–water partition coefficient (Wildman–Crippen LogP) is 4.19. The van der Waals surface area contributed by atoms with E-state index in [-0.39, 0.29) is 11.6 Å². The first kappa shape index (κ1) is 13.6. The number of fused-ring (bicyclic) bond motifs is 1. The van der Waals surface area contributed by atoms with Gasteiger partial charge in [-0.3, -0.25) is 4.79 Å². The van der Waals surface area contributed by atoms with Gasteiger partial charge in [0.1, 0.15) is 5.82 Å². The number of carbonyl (C=O) groups is 1. The number of halogens is 1. The van der Waals surface area contributed by atoms with Crippen molar-refractivity contribution >= 4 is 11.5 Å². The highest BCUT2D eigenvalue weighted by Gasteiger charge is 2.34. The lowest BCUT2D eigenvalue weighted by molar-refractivity contribution is 0.101. The topological polar surface area (TPSA) is 20.3 Å². The van der Waals surface area contributed by atoms with Gasteiger partial charge in [0.2, 0.25) is 0 Å². The Balaban J connectivity index is 1.89. The molecule has 1 aromatic carbocycles. The van der Waals surface area contributed by atoms with E-state index in [1.165, 1.54) is 45.1 Å². The molecule has 0 unspecified atom stereocenters. The highest BCUT2D eigenvalue weighted by atomic mass is 19.1. The van der Waals surface area contributed by atoms with Gasteiger partial charge in [-0.15, -0.1) is 0 Å². The molecule has 0 N–H and O–H groups in total. The number of hydrogen-bond donors (Lipinski definition) is 0. The van der Waals surface area contributed by atoms with Crippen molar-refractivity contribution in [1.82, 2.24) is 0 Å². The Kier molecular flexibility index (Phi) is 3.77. The van der Waals surface area contributed by atoms with Crippen LogP contribution in [0.3, 0.4) is 0 Å². The fourth-order valence-electron chi connectivity index (χ4n) is 3.88. The predicted molar refractivity (Wildman–Crippen MR) is 78.7 cm³/mol. The Labute approximate surface area is 120 Å². The molecule has 20 heavy (non-hydrogen) atoms. The van der Waals surface area contributed by atoms with Crippen molar-refractivity contribution in [1.29, 1.82) is 0 Å². The maximum absolute atomic E-state index is 14.4. The summed E-state index contributed by atoms with van der Waals surface area (Å²) in [6.45, 7) is 2.42. The lowest BCUT2D eigenvalue weighted by Crippen LogP contribution is -2.47. The first-order valence-electron chi connectivity index (χ1n) is 7.74. The van der Waals surface area contributed by atoms with Crippen LogP contribution in [0.5, 0.6) is 0 Å². The number of piperidine rings is 1. The summed E-state index contributed by atoms with van der Waals surface area (Å²) >= 11 is 0. The molecule has 2 fully saturated rings. The van der Waals surface area contributed by atoms with Gasteiger partial charge in [-0.05, 0) is 56.7 Å². The van der Waals surface area contributed by atoms with Gasteiger partial charge in [-0.2, -0.15) is 0 Å². The Morgan fingerprint density at radius 3 is 2.70 bits per heavy atom. The molecule has 1 aromatic rings. The van der Waals surface area contributed by atoms with Crippen LogP contribution >= 0.6 is 0 Å². The summed E-state index contributed by atoms with van der Waals surface area (Å²) in [4.78, 5) is 13.6. The van der Waals surface area contributed by atoms with Crippen LogP contribution in [-0.2, 0) is 0 Å². The molecule has 1 saturated carbocycles. The van der Waals surface area contributed by atoms with Gasteiger partial charge in [0, 0.05) is 18.2 Å². The number of rotatable bonds is 2. The molecule has 1 heterocycles. The molecule has 108 valence electrons. The van der Waals surface area contributed by atoms with Crippen LogP contribution in [0, 0.1) is 11.7 Å². The minimum absolute atomic E-state index is 0.0790. The van der Waals surface area contributed by atoms with Crippen LogP contribution in [0.25, 0.3) is 0 Å². The molecule has 2 aliphatic rings. The Morgan fingerprint density at radius 1 is 1.20 bits per heavy atom. The minimum atomic E-state index is -0.246. The lowest BCUT2D eigenvalue weighted by Gasteiger charge is -2.45. The molecule has 2 nitrogen and oxygen atoms in total. The summed E-state index contributed by atoms with van der Waals surface area (Å²) in [5.74, 6) is 0.401. The van der Waals surface area contributed by atoms with E-state index in [0.29, 0.717) is 17.3 Å². The Bertz CT molecular complexity index is 512. The monoisotopic (exact) mass is 275 g/mol. The summed E-state index contributed by atoms with van der Waals surface area (Å²) in [7, 11) is 0. The van der Waals surface area contributed by atoms with E-state index < -0.39 is 0 Å². The Morgan fingerprint density at radius 2 is 1.95 bits per heavy atom. The molecule has 1 aliphatic heterocycles. The van der Waals surface area contributed by atoms with E-state index in [1.807, 2.05) is 0 Å². The van der Waals surface area contributed by atoms with E-state index in [0.717, 1.165) is 18.9 Å². The number of anilines is 1. The van der Waals surface area contributed by atoms with Crippen molar-refractivity contribution in [2.75, 3.05) is 11.4 Å². The van der Waals surface area contributed by atoms with Crippen LogP contribution in [0.15, 0.2) is 18.2 Å². The molecule has 3 rings (SSSR count). The van der Waals surface area contributed by atoms with Crippen molar-refractivity contribution in [2.45, 2.75) is 51.5 Å². The summed E-state index contributed by atoms with van der Waals surface area (Å²) < 4.78 is 14.4. The normalized spacial score (nSPS) is 26.2. The zero-order valence-corrected chi connectivity index (χ0v) is 12.1. The number of carbonyl (C=O) groups excluding carboxylic acids is 1. The molecule has 2 atom stereocenters. The van der Waals surface area contributed by atoms with Gasteiger partial charge in [-0.25, -0.2) is 4.39 Å². The average Bonchev–Trinajstić information content (AvgIpc) is 2.46. The van der Waals surface area contributed by atoms with Gasteiger partial charge in [0.05, 0.1) is 5.69 Å². The minimum Gasteiger partial charge on any atom is -0.366 e. The number of nitrogens with zero attached hydrogens (tertiary/aromatic N) is 1. The first-order valence-corrected chi connectivity index (χ1v) is 7.74. The quantitative estimate of drug-likeness (QED) is 0.754. The van der Waals surface area contributed by atoms with Crippen LogP contribution in [-0.4, -0.2) is 18.4 Å². The zero-order chi connectivity index (χ0) is 14.1. The summed E-state index contributed by atoms with van der Waals surface area (Å²) in [5, 5.41) is 0. The molecule has 0 spiro atoms. The standard InChI is InChI=1S/C17H22FNO/c1-12(20)14-8-9-17(15(18)11-14)19-10-4-6-13-5-2-3-7-16(13)19/h8-9,11,13,16H,2-7,10H2,1H3/t13-,16-/m1/s1. The van der Waals surface area contributed by atoms with Gasteiger partial charge in [0.25, 0.3) is 0 Å². The van der Waals surface area contributed by atoms with E-state index in [9.17, 15) is 9.18 Å². The summed E-state index contributed by atoms with van der Waals surface area (Å²) in [5.41, 5.74) is 1.15. The van der Waals surface area contributed by atoms with E-state index in [1.54, 1.807) is 12.1 Å². The van der Waals surface area contributed by atoms with Crippen molar-refractivity contribution in [3.05, 3.63) is 29.6 Å². The summed E-state index contributed by atoms with van der Waals surface area (Å²) in [6.07, 6.45) is 7.47. The van der Waals surface area contributed by atoms with E-state index in [4.69, 9.17) is 0 Å². The van der Waals surface area contributed by atoms with Gasteiger partial charge < -0.3 is 4.90 Å². The Hall–Kier alpha value is -1.38. The van der Waals surface area contributed by atoms with Crippen LogP contribution < -0.4 is 4.90 Å². The van der Waals surface area contributed by atoms with Gasteiger partial charge in [-0.1, -0.05) is 12.8 Å². The highest BCUT2D eigenvalue weighted by molar-refractivity contribution is 5.94. The van der Waals surface area contributed by atoms with Gasteiger partial charge in [0.15, 0.2) is 5.78 Å². The number of benzene rings is 1. The number of hydrogen-bond acceptors (Lipinski definition) is 2. The van der Waals surface area contributed by atoms with Crippen molar-refractivity contribution in [3.8, 4) is 0 Å². The molecular weight excluding hydrogens is 253 g/mol. The maximum Gasteiger partial charge on any atom is 0.159 e. The van der Waals surface area contributed by atoms with Crippen LogP contribution in [0.2, 0.25) is 0 Å². The zero-order valence-electron chi connectivity index (χ0n) is 12.1. The fourth-order valence-corrected chi connectivity index (χ4v) is 3.88. The van der Waals surface area contributed by atoms with Gasteiger partial charge >= 0.3 is 0 Å². The van der Waals surface area contributed by atoms with Crippen molar-refractivity contribution in [2.24, 2.45) is 5.92 Å².